The third-order valence-corrected chi connectivity index (χ3v) is 6.71. The SMILES string of the molecule is CNC(=O)CCSC1S[C@@H]2[C@@H](C(C)O)C(=O)N2C1C(=O)O. The number of carboxylic acids is 1. The van der Waals surface area contributed by atoms with Crippen LogP contribution in [0.25, 0.3) is 0 Å². The molecule has 0 bridgehead atoms. The summed E-state index contributed by atoms with van der Waals surface area (Å²) >= 11 is 2.77. The summed E-state index contributed by atoms with van der Waals surface area (Å²) in [6, 6.07) is -0.891. The van der Waals surface area contributed by atoms with Gasteiger partial charge in [0.15, 0.2) is 6.04 Å². The van der Waals surface area contributed by atoms with Crippen molar-refractivity contribution < 1.29 is 24.6 Å². The lowest BCUT2D eigenvalue weighted by molar-refractivity contribution is -0.166. The molecule has 2 rings (SSSR count). The van der Waals surface area contributed by atoms with Gasteiger partial charge in [-0.2, -0.15) is 0 Å². The molecule has 0 aromatic carbocycles. The Hall–Kier alpha value is -0.930. The third-order valence-electron chi connectivity index (χ3n) is 3.61. The quantitative estimate of drug-likeness (QED) is 0.565. The van der Waals surface area contributed by atoms with E-state index < -0.39 is 24.0 Å². The lowest BCUT2D eigenvalue weighted by atomic mass is 9.91. The van der Waals surface area contributed by atoms with E-state index in [1.165, 1.54) is 28.4 Å². The fraction of sp³-hybridized carbons (Fsp3) is 0.750. The van der Waals surface area contributed by atoms with Gasteiger partial charge in [-0.3, -0.25) is 9.59 Å². The van der Waals surface area contributed by atoms with Crippen molar-refractivity contribution >= 4 is 41.3 Å². The number of nitrogens with zero attached hydrogens (tertiary/aromatic N) is 1. The molecule has 3 N–H and O–H groups in total. The van der Waals surface area contributed by atoms with E-state index in [-0.39, 0.29) is 21.8 Å². The molecule has 2 amide bonds. The standard InChI is InChI=1S/C12H18N2O5S2/c1-5(15)7-9(17)14-8(11(18)19)12(21-10(7)14)20-4-3-6(16)13-2/h5,7-8,10,12,15H,3-4H2,1-2H3,(H,13,16)(H,18,19)/t5?,7-,8?,10+,12?/m0/s1. The van der Waals surface area contributed by atoms with Crippen molar-refractivity contribution in [3.05, 3.63) is 0 Å². The van der Waals surface area contributed by atoms with Crippen LogP contribution in [0, 0.1) is 5.92 Å². The van der Waals surface area contributed by atoms with Gasteiger partial charge < -0.3 is 20.4 Å². The first kappa shape index (κ1) is 16.4. The Labute approximate surface area is 130 Å². The van der Waals surface area contributed by atoms with Crippen molar-refractivity contribution in [1.82, 2.24) is 10.2 Å². The third kappa shape index (κ3) is 3.00. The Morgan fingerprint density at radius 1 is 1.52 bits per heavy atom. The van der Waals surface area contributed by atoms with E-state index in [2.05, 4.69) is 5.32 Å². The molecule has 0 aromatic rings. The van der Waals surface area contributed by atoms with Gasteiger partial charge in [-0.15, -0.1) is 23.5 Å². The normalized spacial score (nSPS) is 32.3. The van der Waals surface area contributed by atoms with Gasteiger partial charge in [-0.25, -0.2) is 4.79 Å². The molecule has 2 fully saturated rings. The monoisotopic (exact) mass is 334 g/mol. The number of β-lactam (4-membered cyclic amide) rings is 1. The summed E-state index contributed by atoms with van der Waals surface area (Å²) < 4.78 is -0.315. The molecule has 9 heteroatoms. The number of nitrogens with one attached hydrogen (secondary N) is 1. The molecule has 3 unspecified atom stereocenters. The van der Waals surface area contributed by atoms with E-state index in [0.29, 0.717) is 12.2 Å². The zero-order valence-corrected chi connectivity index (χ0v) is 13.3. The molecule has 2 aliphatic heterocycles. The Balaban J connectivity index is 2.00. The molecule has 5 atom stereocenters. The van der Waals surface area contributed by atoms with Crippen LogP contribution < -0.4 is 5.32 Å². The van der Waals surface area contributed by atoms with E-state index >= 15 is 0 Å². The predicted octanol–water partition coefficient (Wildman–Crippen LogP) is -0.453. The molecule has 0 saturated carbocycles. The van der Waals surface area contributed by atoms with Gasteiger partial charge in [0.1, 0.15) is 0 Å². The van der Waals surface area contributed by atoms with Gasteiger partial charge in [0.05, 0.1) is 22.0 Å². The summed E-state index contributed by atoms with van der Waals surface area (Å²) in [5.74, 6) is -1.47. The van der Waals surface area contributed by atoms with Gasteiger partial charge in [-0.05, 0) is 6.92 Å². The smallest absolute Gasteiger partial charge is 0.328 e. The van der Waals surface area contributed by atoms with Crippen molar-refractivity contribution in [2.75, 3.05) is 12.8 Å². The van der Waals surface area contributed by atoms with Gasteiger partial charge in [0.25, 0.3) is 0 Å². The van der Waals surface area contributed by atoms with Crippen LogP contribution >= 0.6 is 23.5 Å². The second kappa shape index (κ2) is 6.45. The Kier molecular flexibility index (Phi) is 5.05. The van der Waals surface area contributed by atoms with Gasteiger partial charge in [-0.1, -0.05) is 0 Å². The lowest BCUT2D eigenvalue weighted by Crippen LogP contribution is -2.64. The highest BCUT2D eigenvalue weighted by molar-refractivity contribution is 8.17. The van der Waals surface area contributed by atoms with Crippen LogP contribution in [0.4, 0.5) is 0 Å². The molecule has 2 heterocycles. The zero-order chi connectivity index (χ0) is 15.7. The number of aliphatic hydroxyl groups is 1. The maximum Gasteiger partial charge on any atom is 0.328 e. The van der Waals surface area contributed by atoms with Crippen LogP contribution in [0.15, 0.2) is 0 Å². The highest BCUT2D eigenvalue weighted by Crippen LogP contribution is 2.52. The van der Waals surface area contributed by atoms with Gasteiger partial charge >= 0.3 is 5.97 Å². The summed E-state index contributed by atoms with van der Waals surface area (Å²) in [5.41, 5.74) is 0. The molecular weight excluding hydrogens is 316 g/mol. The van der Waals surface area contributed by atoms with Crippen LogP contribution in [0.5, 0.6) is 0 Å². The number of hydrogen-bond donors (Lipinski definition) is 3. The van der Waals surface area contributed by atoms with E-state index in [1.54, 1.807) is 14.0 Å². The van der Waals surface area contributed by atoms with Crippen LogP contribution in [-0.2, 0) is 14.4 Å². The number of aliphatic hydroxyl groups excluding tert-OH is 1. The molecule has 2 aliphatic rings. The molecule has 0 spiro atoms. The Morgan fingerprint density at radius 2 is 2.19 bits per heavy atom. The van der Waals surface area contributed by atoms with Crippen molar-refractivity contribution in [3.8, 4) is 0 Å². The minimum atomic E-state index is -1.04. The van der Waals surface area contributed by atoms with Crippen LogP contribution in [-0.4, -0.2) is 67.8 Å². The van der Waals surface area contributed by atoms with Crippen molar-refractivity contribution in [3.63, 3.8) is 0 Å². The highest BCUT2D eigenvalue weighted by Gasteiger charge is 2.61. The molecule has 0 radical (unpaired) electrons. The lowest BCUT2D eigenvalue weighted by Gasteiger charge is -2.44. The van der Waals surface area contributed by atoms with E-state index in [0.717, 1.165) is 0 Å². The number of carbonyl (C=O) groups is 3. The summed E-state index contributed by atoms with van der Waals surface area (Å²) in [6.07, 6.45) is -0.474. The molecule has 118 valence electrons. The first-order chi connectivity index (χ1) is 9.88. The molecule has 2 saturated heterocycles. The number of rotatable bonds is 6. The van der Waals surface area contributed by atoms with E-state index in [4.69, 9.17) is 0 Å². The second-order valence-electron chi connectivity index (χ2n) is 4.98. The number of amides is 2. The maximum absolute atomic E-state index is 12.0. The predicted molar refractivity (Wildman–Crippen MR) is 79.7 cm³/mol. The highest BCUT2D eigenvalue weighted by atomic mass is 32.2. The topological polar surface area (TPSA) is 107 Å². The molecule has 0 aliphatic carbocycles. The molecular formula is C12H18N2O5S2. The first-order valence-electron chi connectivity index (χ1n) is 6.59. The minimum absolute atomic E-state index is 0.0985. The van der Waals surface area contributed by atoms with Crippen LogP contribution in [0.1, 0.15) is 13.3 Å². The summed E-state index contributed by atoms with van der Waals surface area (Å²) in [6.45, 7) is 1.54. The van der Waals surface area contributed by atoms with Crippen molar-refractivity contribution in [2.24, 2.45) is 5.92 Å². The Morgan fingerprint density at radius 3 is 2.71 bits per heavy atom. The second-order valence-corrected chi connectivity index (χ2v) is 7.79. The number of thioether (sulfide) groups is 2. The number of carboxylic acid groups (broad SMARTS) is 1. The van der Waals surface area contributed by atoms with Gasteiger partial charge in [0, 0.05) is 19.2 Å². The van der Waals surface area contributed by atoms with Gasteiger partial charge in [0.2, 0.25) is 11.8 Å². The van der Waals surface area contributed by atoms with E-state index in [9.17, 15) is 24.6 Å². The summed E-state index contributed by atoms with van der Waals surface area (Å²) in [4.78, 5) is 35.9. The fourth-order valence-electron chi connectivity index (χ4n) is 2.50. The van der Waals surface area contributed by atoms with Crippen molar-refractivity contribution in [2.45, 2.75) is 35.4 Å². The number of aliphatic carboxylic acids is 1. The largest absolute Gasteiger partial charge is 0.480 e. The van der Waals surface area contributed by atoms with Crippen LogP contribution in [0.2, 0.25) is 0 Å². The maximum atomic E-state index is 12.0. The first-order valence-corrected chi connectivity index (χ1v) is 8.58. The number of fused-ring (bicyclic) bond motifs is 1. The molecule has 21 heavy (non-hydrogen) atoms. The molecule has 7 nitrogen and oxygen atoms in total. The zero-order valence-electron chi connectivity index (χ0n) is 11.7. The fourth-order valence-corrected chi connectivity index (χ4v) is 5.96. The minimum Gasteiger partial charge on any atom is -0.480 e. The summed E-state index contributed by atoms with van der Waals surface area (Å²) in [5, 5.41) is 21.2. The van der Waals surface area contributed by atoms with Crippen molar-refractivity contribution in [1.29, 1.82) is 0 Å². The number of hydrogen-bond acceptors (Lipinski definition) is 6. The average Bonchev–Trinajstić information content (AvgIpc) is 2.72. The van der Waals surface area contributed by atoms with Crippen LogP contribution in [0.3, 0.4) is 0 Å². The Bertz CT molecular complexity index is 459. The van der Waals surface area contributed by atoms with E-state index in [1.807, 2.05) is 0 Å². The summed E-state index contributed by atoms with van der Waals surface area (Å²) in [7, 11) is 1.55. The molecule has 0 aromatic heterocycles. The average molecular weight is 334 g/mol. The number of carbonyl (C=O) groups excluding carboxylic acids is 2.